The fraction of sp³-hybridized carbons (Fsp3) is 0.333. The first-order chi connectivity index (χ1) is 13.0. The number of para-hydroxylation sites is 1. The topological polar surface area (TPSA) is 52.7 Å². The maximum atomic E-state index is 12.9. The average molecular weight is 386 g/mol. The number of fused-ring (bicyclic) bond motifs is 1. The van der Waals surface area contributed by atoms with E-state index in [1.54, 1.807) is 24.1 Å². The fourth-order valence-corrected chi connectivity index (χ4v) is 3.44. The van der Waals surface area contributed by atoms with E-state index in [1.807, 2.05) is 36.1 Å². The Hall–Kier alpha value is -2.37. The van der Waals surface area contributed by atoms with E-state index in [9.17, 15) is 9.59 Å². The summed E-state index contributed by atoms with van der Waals surface area (Å²) in [5.41, 5.74) is 3.08. The van der Waals surface area contributed by atoms with Crippen molar-refractivity contribution >= 4 is 29.1 Å². The molecule has 2 aromatic rings. The second-order valence-electron chi connectivity index (χ2n) is 6.90. The van der Waals surface area contributed by atoms with Gasteiger partial charge in [-0.1, -0.05) is 48.0 Å². The predicted molar refractivity (Wildman–Crippen MR) is 108 cm³/mol. The Morgan fingerprint density at radius 1 is 1.15 bits per heavy atom. The number of anilines is 1. The van der Waals surface area contributed by atoms with E-state index in [2.05, 4.69) is 17.4 Å². The molecule has 1 aliphatic heterocycles. The molecule has 0 radical (unpaired) electrons. The van der Waals surface area contributed by atoms with Crippen LogP contribution in [-0.2, 0) is 22.6 Å². The highest BCUT2D eigenvalue weighted by Crippen LogP contribution is 2.21. The van der Waals surface area contributed by atoms with Crippen molar-refractivity contribution in [3.05, 3.63) is 64.7 Å². The molecule has 0 bridgehead atoms. The van der Waals surface area contributed by atoms with Crippen molar-refractivity contribution in [1.82, 2.24) is 9.80 Å². The summed E-state index contributed by atoms with van der Waals surface area (Å²) in [6.07, 6.45) is 0.866. The molecule has 0 fully saturated rings. The smallest absolute Gasteiger partial charge is 0.239 e. The highest BCUT2D eigenvalue weighted by molar-refractivity contribution is 6.33. The van der Waals surface area contributed by atoms with Crippen LogP contribution in [0.25, 0.3) is 0 Å². The Balaban J connectivity index is 1.57. The van der Waals surface area contributed by atoms with Crippen molar-refractivity contribution < 1.29 is 9.59 Å². The van der Waals surface area contributed by atoms with Crippen LogP contribution in [0.4, 0.5) is 5.69 Å². The number of nitrogens with one attached hydrogen (secondary N) is 1. The number of halogens is 1. The molecule has 0 saturated carbocycles. The number of hydrogen-bond acceptors (Lipinski definition) is 3. The zero-order valence-corrected chi connectivity index (χ0v) is 16.4. The van der Waals surface area contributed by atoms with E-state index >= 15 is 0 Å². The van der Waals surface area contributed by atoms with Gasteiger partial charge in [-0.25, -0.2) is 0 Å². The van der Waals surface area contributed by atoms with Crippen LogP contribution >= 0.6 is 11.6 Å². The third kappa shape index (κ3) is 4.67. The third-order valence-corrected chi connectivity index (χ3v) is 5.33. The van der Waals surface area contributed by atoms with Gasteiger partial charge in [-0.15, -0.1) is 0 Å². The Morgan fingerprint density at radius 3 is 2.56 bits per heavy atom. The number of nitrogens with zero attached hydrogens (tertiary/aromatic N) is 2. The molecule has 0 spiro atoms. The largest absolute Gasteiger partial charge is 0.337 e. The van der Waals surface area contributed by atoms with E-state index in [0.29, 0.717) is 23.8 Å². The van der Waals surface area contributed by atoms with Crippen LogP contribution in [0.3, 0.4) is 0 Å². The Kier molecular flexibility index (Phi) is 6.14. The Morgan fingerprint density at radius 2 is 1.81 bits per heavy atom. The van der Waals surface area contributed by atoms with Gasteiger partial charge >= 0.3 is 0 Å². The minimum atomic E-state index is -0.382. The summed E-state index contributed by atoms with van der Waals surface area (Å²) in [7, 11) is 1.78. The van der Waals surface area contributed by atoms with E-state index in [4.69, 9.17) is 11.6 Å². The molecule has 142 valence electrons. The molecule has 6 heteroatoms. The normalized spacial score (nSPS) is 14.6. The first-order valence-electron chi connectivity index (χ1n) is 9.06. The lowest BCUT2D eigenvalue weighted by atomic mass is 9.99. The average Bonchev–Trinajstić information content (AvgIpc) is 2.68. The second kappa shape index (κ2) is 8.55. The molecule has 1 atom stereocenters. The maximum Gasteiger partial charge on any atom is 0.239 e. The summed E-state index contributed by atoms with van der Waals surface area (Å²) in [6.45, 7) is 3.28. The zero-order chi connectivity index (χ0) is 19.4. The van der Waals surface area contributed by atoms with Crippen LogP contribution in [-0.4, -0.2) is 47.8 Å². The first-order valence-corrected chi connectivity index (χ1v) is 9.43. The first kappa shape index (κ1) is 19.4. The maximum absolute atomic E-state index is 12.9. The molecule has 2 aromatic carbocycles. The van der Waals surface area contributed by atoms with Gasteiger partial charge < -0.3 is 10.2 Å². The lowest BCUT2D eigenvalue weighted by molar-refractivity contribution is -0.137. The van der Waals surface area contributed by atoms with Crippen molar-refractivity contribution in [2.45, 2.75) is 25.9 Å². The lowest BCUT2D eigenvalue weighted by Crippen LogP contribution is -2.49. The van der Waals surface area contributed by atoms with Crippen LogP contribution in [0, 0.1) is 0 Å². The van der Waals surface area contributed by atoms with Crippen molar-refractivity contribution in [1.29, 1.82) is 0 Å². The number of likely N-dealkylation sites (N-methyl/N-ethyl adjacent to an activating group) is 1. The van der Waals surface area contributed by atoms with Crippen molar-refractivity contribution in [3.63, 3.8) is 0 Å². The van der Waals surface area contributed by atoms with Gasteiger partial charge in [-0.05, 0) is 43.7 Å². The lowest BCUT2D eigenvalue weighted by Gasteiger charge is -2.33. The van der Waals surface area contributed by atoms with Crippen LogP contribution < -0.4 is 5.32 Å². The van der Waals surface area contributed by atoms with Crippen LogP contribution in [0.5, 0.6) is 0 Å². The third-order valence-electron chi connectivity index (χ3n) is 5.00. The number of amides is 2. The van der Waals surface area contributed by atoms with Gasteiger partial charge in [-0.3, -0.25) is 14.5 Å². The van der Waals surface area contributed by atoms with E-state index in [1.165, 1.54) is 11.1 Å². The van der Waals surface area contributed by atoms with Gasteiger partial charge in [0.1, 0.15) is 0 Å². The predicted octanol–water partition coefficient (Wildman–Crippen LogP) is 3.18. The van der Waals surface area contributed by atoms with E-state index in [0.717, 1.165) is 6.42 Å². The number of carbonyl (C=O) groups is 2. The van der Waals surface area contributed by atoms with Crippen molar-refractivity contribution in [2.24, 2.45) is 0 Å². The van der Waals surface area contributed by atoms with Crippen LogP contribution in [0.15, 0.2) is 48.5 Å². The molecular formula is C21H24ClN3O2. The van der Waals surface area contributed by atoms with Crippen LogP contribution in [0.2, 0.25) is 5.02 Å². The molecule has 1 N–H and O–H groups in total. The molecule has 5 nitrogen and oxygen atoms in total. The Labute approximate surface area is 164 Å². The van der Waals surface area contributed by atoms with Crippen molar-refractivity contribution in [3.8, 4) is 0 Å². The van der Waals surface area contributed by atoms with Gasteiger partial charge in [0, 0.05) is 13.1 Å². The summed E-state index contributed by atoms with van der Waals surface area (Å²) < 4.78 is 0. The van der Waals surface area contributed by atoms with E-state index in [-0.39, 0.29) is 24.4 Å². The summed E-state index contributed by atoms with van der Waals surface area (Å²) in [5, 5.41) is 3.28. The fourth-order valence-electron chi connectivity index (χ4n) is 3.25. The number of benzene rings is 2. The highest BCUT2D eigenvalue weighted by Gasteiger charge is 2.27. The van der Waals surface area contributed by atoms with Gasteiger partial charge in [-0.2, -0.15) is 0 Å². The van der Waals surface area contributed by atoms with Gasteiger partial charge in [0.15, 0.2) is 0 Å². The summed E-state index contributed by atoms with van der Waals surface area (Å²) >= 11 is 6.07. The molecule has 1 aliphatic rings. The van der Waals surface area contributed by atoms with Gasteiger partial charge in [0.05, 0.1) is 23.3 Å². The highest BCUT2D eigenvalue weighted by atomic mass is 35.5. The van der Waals surface area contributed by atoms with Gasteiger partial charge in [0.2, 0.25) is 11.8 Å². The zero-order valence-electron chi connectivity index (χ0n) is 15.6. The molecule has 2 amide bonds. The number of hydrogen-bond donors (Lipinski definition) is 1. The minimum absolute atomic E-state index is 0.0394. The number of carbonyl (C=O) groups excluding carboxylic acids is 2. The number of rotatable bonds is 5. The monoisotopic (exact) mass is 385 g/mol. The van der Waals surface area contributed by atoms with Gasteiger partial charge in [0.25, 0.3) is 0 Å². The molecule has 0 saturated heterocycles. The molecule has 0 aromatic heterocycles. The quantitative estimate of drug-likeness (QED) is 0.860. The van der Waals surface area contributed by atoms with E-state index < -0.39 is 0 Å². The molecule has 27 heavy (non-hydrogen) atoms. The standard InChI is InChI=1S/C21H24ClN3O2/c1-15(21(27)25-12-11-16-7-3-4-8-17(16)13-25)24(2)14-20(26)23-19-10-6-5-9-18(19)22/h3-10,15H,11-14H2,1-2H3,(H,23,26)/t15-/m1/s1. The Bertz CT molecular complexity index is 840. The second-order valence-corrected chi connectivity index (χ2v) is 7.30. The summed E-state index contributed by atoms with van der Waals surface area (Å²) in [4.78, 5) is 28.8. The molecular weight excluding hydrogens is 362 g/mol. The molecule has 0 aliphatic carbocycles. The molecule has 1 heterocycles. The molecule has 3 rings (SSSR count). The van der Waals surface area contributed by atoms with Crippen molar-refractivity contribution in [2.75, 3.05) is 25.5 Å². The molecule has 0 unspecified atom stereocenters. The summed E-state index contributed by atoms with van der Waals surface area (Å²) in [6, 6.07) is 14.9. The minimum Gasteiger partial charge on any atom is -0.337 e. The summed E-state index contributed by atoms with van der Waals surface area (Å²) in [5.74, 6) is -0.160. The SMILES string of the molecule is C[C@H](C(=O)N1CCc2ccccc2C1)N(C)CC(=O)Nc1ccccc1Cl. The van der Waals surface area contributed by atoms with Crippen LogP contribution in [0.1, 0.15) is 18.1 Å².